The summed E-state index contributed by atoms with van der Waals surface area (Å²) >= 11 is 0. The SMILES string of the molecule is O=Cc1ccc(-c2cccnc2)cc1C(F)(F)F. The van der Waals surface area contributed by atoms with E-state index in [-0.39, 0.29) is 11.8 Å². The smallest absolute Gasteiger partial charge is 0.298 e. The van der Waals surface area contributed by atoms with Gasteiger partial charge in [0.2, 0.25) is 0 Å². The molecular formula is C13H8F3NO. The van der Waals surface area contributed by atoms with E-state index in [4.69, 9.17) is 0 Å². The van der Waals surface area contributed by atoms with Crippen molar-refractivity contribution in [2.75, 3.05) is 0 Å². The highest BCUT2D eigenvalue weighted by molar-refractivity contribution is 5.80. The summed E-state index contributed by atoms with van der Waals surface area (Å²) in [6.45, 7) is 0. The molecule has 0 radical (unpaired) electrons. The van der Waals surface area contributed by atoms with Crippen LogP contribution in [0.1, 0.15) is 15.9 Å². The van der Waals surface area contributed by atoms with E-state index >= 15 is 0 Å². The maximum atomic E-state index is 12.8. The molecule has 1 aromatic heterocycles. The van der Waals surface area contributed by atoms with Gasteiger partial charge in [0.25, 0.3) is 0 Å². The van der Waals surface area contributed by atoms with Crippen molar-refractivity contribution in [3.8, 4) is 11.1 Å². The van der Waals surface area contributed by atoms with Crippen LogP contribution in [0.25, 0.3) is 11.1 Å². The molecule has 0 bridgehead atoms. The van der Waals surface area contributed by atoms with Crippen molar-refractivity contribution in [3.05, 3.63) is 53.9 Å². The highest BCUT2D eigenvalue weighted by atomic mass is 19.4. The zero-order valence-electron chi connectivity index (χ0n) is 9.11. The molecule has 0 aliphatic rings. The first kappa shape index (κ1) is 12.3. The highest BCUT2D eigenvalue weighted by Gasteiger charge is 2.33. The molecule has 0 aliphatic heterocycles. The molecule has 0 aliphatic carbocycles. The molecule has 5 heteroatoms. The largest absolute Gasteiger partial charge is 0.417 e. The second kappa shape index (κ2) is 4.60. The standard InChI is InChI=1S/C13H8F3NO/c14-13(15,16)12-6-9(3-4-11(12)8-18)10-2-1-5-17-7-10/h1-8H. The van der Waals surface area contributed by atoms with Gasteiger partial charge in [0.15, 0.2) is 6.29 Å². The molecule has 18 heavy (non-hydrogen) atoms. The lowest BCUT2D eigenvalue weighted by molar-refractivity contribution is -0.137. The Hall–Kier alpha value is -2.17. The van der Waals surface area contributed by atoms with Gasteiger partial charge in [-0.05, 0) is 17.7 Å². The second-order valence-corrected chi connectivity index (χ2v) is 3.66. The quantitative estimate of drug-likeness (QED) is 0.763. The number of halogens is 3. The van der Waals surface area contributed by atoms with Gasteiger partial charge in [-0.2, -0.15) is 13.2 Å². The van der Waals surface area contributed by atoms with Crippen LogP contribution in [0.3, 0.4) is 0 Å². The fraction of sp³-hybridized carbons (Fsp3) is 0.0769. The number of benzene rings is 1. The van der Waals surface area contributed by atoms with Crippen LogP contribution >= 0.6 is 0 Å². The minimum atomic E-state index is -4.55. The van der Waals surface area contributed by atoms with Crippen LogP contribution < -0.4 is 0 Å². The minimum absolute atomic E-state index is 0.204. The van der Waals surface area contributed by atoms with Gasteiger partial charge >= 0.3 is 6.18 Å². The fourth-order valence-corrected chi connectivity index (χ4v) is 1.62. The lowest BCUT2D eigenvalue weighted by atomic mass is 10.0. The molecule has 92 valence electrons. The van der Waals surface area contributed by atoms with E-state index in [1.165, 1.54) is 18.5 Å². The first-order valence-electron chi connectivity index (χ1n) is 5.09. The van der Waals surface area contributed by atoms with Gasteiger partial charge in [-0.3, -0.25) is 9.78 Å². The Morgan fingerprint density at radius 3 is 2.44 bits per heavy atom. The number of carbonyl (C=O) groups is 1. The molecule has 0 fully saturated rings. The maximum absolute atomic E-state index is 12.8. The van der Waals surface area contributed by atoms with Crippen LogP contribution in [-0.2, 0) is 6.18 Å². The molecule has 1 heterocycles. The Bertz CT molecular complexity index is 564. The van der Waals surface area contributed by atoms with E-state index in [0.717, 1.165) is 12.1 Å². The number of hydrogen-bond acceptors (Lipinski definition) is 2. The molecule has 1 aromatic carbocycles. The zero-order valence-corrected chi connectivity index (χ0v) is 9.11. The van der Waals surface area contributed by atoms with Gasteiger partial charge in [-0.15, -0.1) is 0 Å². The van der Waals surface area contributed by atoms with Gasteiger partial charge < -0.3 is 0 Å². The second-order valence-electron chi connectivity index (χ2n) is 3.66. The van der Waals surface area contributed by atoms with Crippen molar-refractivity contribution >= 4 is 6.29 Å². The summed E-state index contributed by atoms with van der Waals surface area (Å²) in [6.07, 6.45) is -1.34. The summed E-state index contributed by atoms with van der Waals surface area (Å²) in [6, 6.07) is 6.88. The average Bonchev–Trinajstić information content (AvgIpc) is 2.38. The van der Waals surface area contributed by atoms with Gasteiger partial charge in [0, 0.05) is 23.5 Å². The van der Waals surface area contributed by atoms with Crippen molar-refractivity contribution in [3.63, 3.8) is 0 Å². The van der Waals surface area contributed by atoms with Crippen LogP contribution in [0.4, 0.5) is 13.2 Å². The lowest BCUT2D eigenvalue weighted by Gasteiger charge is -2.11. The Labute approximate surface area is 101 Å². The number of aldehydes is 1. The van der Waals surface area contributed by atoms with Crippen molar-refractivity contribution in [2.24, 2.45) is 0 Å². The Kier molecular flexibility index (Phi) is 3.14. The molecule has 0 unspecified atom stereocenters. The number of alkyl halides is 3. The predicted molar refractivity (Wildman–Crippen MR) is 60.1 cm³/mol. The maximum Gasteiger partial charge on any atom is 0.417 e. The molecule has 2 rings (SSSR count). The van der Waals surface area contributed by atoms with Crippen molar-refractivity contribution in [1.29, 1.82) is 0 Å². The molecule has 0 amide bonds. The molecule has 0 atom stereocenters. The summed E-state index contributed by atoms with van der Waals surface area (Å²) in [4.78, 5) is 14.5. The molecule has 0 spiro atoms. The Balaban J connectivity index is 2.57. The van der Waals surface area contributed by atoms with E-state index < -0.39 is 11.7 Å². The number of hydrogen-bond donors (Lipinski definition) is 0. The van der Waals surface area contributed by atoms with Gasteiger partial charge in [0.05, 0.1) is 5.56 Å². The molecular weight excluding hydrogens is 243 g/mol. The number of nitrogens with zero attached hydrogens (tertiary/aromatic N) is 1. The van der Waals surface area contributed by atoms with Crippen LogP contribution in [-0.4, -0.2) is 11.3 Å². The number of pyridine rings is 1. The molecule has 2 aromatic rings. The van der Waals surface area contributed by atoms with Gasteiger partial charge in [-0.1, -0.05) is 18.2 Å². The molecule has 2 nitrogen and oxygen atoms in total. The Morgan fingerprint density at radius 2 is 1.89 bits per heavy atom. The van der Waals surface area contributed by atoms with Gasteiger partial charge in [0.1, 0.15) is 0 Å². The monoisotopic (exact) mass is 251 g/mol. The van der Waals surface area contributed by atoms with E-state index in [1.54, 1.807) is 12.1 Å². The molecule has 0 N–H and O–H groups in total. The van der Waals surface area contributed by atoms with Crippen molar-refractivity contribution < 1.29 is 18.0 Å². The van der Waals surface area contributed by atoms with E-state index in [2.05, 4.69) is 4.98 Å². The van der Waals surface area contributed by atoms with Gasteiger partial charge in [-0.25, -0.2) is 0 Å². The van der Waals surface area contributed by atoms with E-state index in [0.29, 0.717) is 11.1 Å². The summed E-state index contributed by atoms with van der Waals surface area (Å²) in [5.74, 6) is 0. The first-order valence-corrected chi connectivity index (χ1v) is 5.09. The summed E-state index contributed by atoms with van der Waals surface area (Å²) in [5, 5.41) is 0. The van der Waals surface area contributed by atoms with Crippen LogP contribution in [0.15, 0.2) is 42.7 Å². The summed E-state index contributed by atoms with van der Waals surface area (Å²) in [7, 11) is 0. The third-order valence-electron chi connectivity index (χ3n) is 2.48. The fourth-order valence-electron chi connectivity index (χ4n) is 1.62. The topological polar surface area (TPSA) is 30.0 Å². The number of aromatic nitrogens is 1. The molecule has 0 saturated carbocycles. The lowest BCUT2D eigenvalue weighted by Crippen LogP contribution is -2.09. The third-order valence-corrected chi connectivity index (χ3v) is 2.48. The average molecular weight is 251 g/mol. The van der Waals surface area contributed by atoms with Crippen LogP contribution in [0.5, 0.6) is 0 Å². The van der Waals surface area contributed by atoms with E-state index in [1.807, 2.05) is 0 Å². The van der Waals surface area contributed by atoms with E-state index in [9.17, 15) is 18.0 Å². The third kappa shape index (κ3) is 2.40. The highest BCUT2D eigenvalue weighted by Crippen LogP contribution is 2.34. The first-order chi connectivity index (χ1) is 8.52. The Morgan fingerprint density at radius 1 is 1.11 bits per heavy atom. The zero-order chi connectivity index (χ0) is 13.2. The summed E-state index contributed by atoms with van der Waals surface area (Å²) in [5.41, 5.74) is -0.351. The number of rotatable bonds is 2. The minimum Gasteiger partial charge on any atom is -0.298 e. The van der Waals surface area contributed by atoms with Crippen molar-refractivity contribution in [2.45, 2.75) is 6.18 Å². The van der Waals surface area contributed by atoms with Crippen molar-refractivity contribution in [1.82, 2.24) is 4.98 Å². The van der Waals surface area contributed by atoms with Crippen LogP contribution in [0, 0.1) is 0 Å². The number of carbonyl (C=O) groups excluding carboxylic acids is 1. The summed E-state index contributed by atoms with van der Waals surface area (Å²) < 4.78 is 38.3. The normalized spacial score (nSPS) is 11.3. The van der Waals surface area contributed by atoms with Crippen LogP contribution in [0.2, 0.25) is 0 Å². The predicted octanol–water partition coefficient (Wildman–Crippen LogP) is 3.58. The molecule has 0 saturated heterocycles.